The molecule has 0 radical (unpaired) electrons. The topological polar surface area (TPSA) is 69.6 Å². The third-order valence-corrected chi connectivity index (χ3v) is 4.07. The molecule has 6 heteroatoms. The predicted octanol–water partition coefficient (Wildman–Crippen LogP) is 3.04. The minimum absolute atomic E-state index is 0.604. The highest BCUT2D eigenvalue weighted by Crippen LogP contribution is 2.52. The maximum absolute atomic E-state index is 11.5. The molecule has 3 N–H and O–H groups in total. The van der Waals surface area contributed by atoms with Gasteiger partial charge in [-0.25, -0.2) is 0 Å². The molecule has 0 unspecified atom stereocenters. The smallest absolute Gasteiger partial charge is 0.352 e. The zero-order valence-electron chi connectivity index (χ0n) is 8.85. The molecule has 1 aromatic heterocycles. The van der Waals surface area contributed by atoms with Gasteiger partial charge in [0.15, 0.2) is 5.78 Å². The van der Waals surface area contributed by atoms with Gasteiger partial charge in [-0.15, -0.1) is 0 Å². The van der Waals surface area contributed by atoms with Crippen LogP contribution in [0.4, 0.5) is 5.69 Å². The molecule has 0 aliphatic heterocycles. The van der Waals surface area contributed by atoms with Gasteiger partial charge >= 0.3 is 7.60 Å². The van der Waals surface area contributed by atoms with E-state index in [1.807, 2.05) is 18.2 Å². The van der Waals surface area contributed by atoms with Crippen molar-refractivity contribution in [2.75, 3.05) is 5.32 Å². The summed E-state index contributed by atoms with van der Waals surface area (Å²) in [5.41, 5.74) is 1.29. The monoisotopic (exact) mass is 269 g/mol. The van der Waals surface area contributed by atoms with Crippen LogP contribution in [0.1, 0.15) is 11.3 Å². The lowest BCUT2D eigenvalue weighted by molar-refractivity contribution is 0.363. The van der Waals surface area contributed by atoms with E-state index in [2.05, 4.69) is 5.32 Å². The zero-order chi connectivity index (χ0) is 12.3. The van der Waals surface area contributed by atoms with Gasteiger partial charge in [-0.05, 0) is 34.5 Å². The van der Waals surface area contributed by atoms with Crippen molar-refractivity contribution in [3.05, 3.63) is 52.7 Å². The summed E-state index contributed by atoms with van der Waals surface area (Å²) in [5.74, 6) is -0.990. The number of hydrogen-bond donors (Lipinski definition) is 3. The maximum Gasteiger partial charge on any atom is 0.352 e. The fourth-order valence-electron chi connectivity index (χ4n) is 1.48. The fraction of sp³-hybridized carbons (Fsp3) is 0.0909. The lowest BCUT2D eigenvalue weighted by Gasteiger charge is -2.20. The lowest BCUT2D eigenvalue weighted by Crippen LogP contribution is -2.10. The molecule has 0 saturated heterocycles. The van der Waals surface area contributed by atoms with E-state index in [0.717, 1.165) is 0 Å². The van der Waals surface area contributed by atoms with E-state index in [1.54, 1.807) is 29.0 Å². The standard InChI is InChI=1S/C11H12NO3PS/c13-16(14,15)11(9-6-7-17-8-9)12-10-4-2-1-3-5-10/h1-8,11-12H,(H2,13,14,15)/t11-/m1/s1. The van der Waals surface area contributed by atoms with Crippen molar-refractivity contribution in [2.45, 2.75) is 5.78 Å². The summed E-state index contributed by atoms with van der Waals surface area (Å²) in [7, 11) is -4.23. The van der Waals surface area contributed by atoms with Gasteiger partial charge < -0.3 is 15.1 Å². The second kappa shape index (κ2) is 5.02. The van der Waals surface area contributed by atoms with E-state index in [9.17, 15) is 14.4 Å². The SMILES string of the molecule is O=P(O)(O)[C@@H](Nc1ccccc1)c1ccsc1. The van der Waals surface area contributed by atoms with Gasteiger partial charge in [0.05, 0.1) is 0 Å². The molecule has 1 heterocycles. The van der Waals surface area contributed by atoms with Gasteiger partial charge in [0.2, 0.25) is 0 Å². The maximum atomic E-state index is 11.5. The van der Waals surface area contributed by atoms with Crippen LogP contribution in [0.2, 0.25) is 0 Å². The van der Waals surface area contributed by atoms with Crippen molar-refractivity contribution in [1.29, 1.82) is 0 Å². The lowest BCUT2D eigenvalue weighted by atomic mass is 10.3. The van der Waals surface area contributed by atoms with Gasteiger partial charge in [-0.2, -0.15) is 11.3 Å². The Morgan fingerprint density at radius 1 is 1.18 bits per heavy atom. The average Bonchev–Trinajstić information content (AvgIpc) is 2.79. The van der Waals surface area contributed by atoms with E-state index >= 15 is 0 Å². The van der Waals surface area contributed by atoms with Crippen LogP contribution in [0.5, 0.6) is 0 Å². The Morgan fingerprint density at radius 3 is 2.41 bits per heavy atom. The predicted molar refractivity (Wildman–Crippen MR) is 69.2 cm³/mol. The van der Waals surface area contributed by atoms with Gasteiger partial charge in [-0.1, -0.05) is 18.2 Å². The number of benzene rings is 1. The number of hydrogen-bond acceptors (Lipinski definition) is 3. The summed E-state index contributed by atoms with van der Waals surface area (Å²) in [6.07, 6.45) is 0. The van der Waals surface area contributed by atoms with Crippen LogP contribution in [-0.2, 0) is 4.57 Å². The van der Waals surface area contributed by atoms with Crippen LogP contribution in [0, 0.1) is 0 Å². The molecule has 90 valence electrons. The average molecular weight is 269 g/mol. The highest BCUT2D eigenvalue weighted by atomic mass is 32.1. The molecule has 0 saturated carbocycles. The quantitative estimate of drug-likeness (QED) is 0.746. The summed E-state index contributed by atoms with van der Waals surface area (Å²) in [6, 6.07) is 10.7. The molecular weight excluding hydrogens is 257 g/mol. The van der Waals surface area contributed by atoms with Gasteiger partial charge in [0.25, 0.3) is 0 Å². The Morgan fingerprint density at radius 2 is 1.88 bits per heavy atom. The Hall–Kier alpha value is -1.13. The van der Waals surface area contributed by atoms with E-state index in [0.29, 0.717) is 11.3 Å². The molecule has 0 fully saturated rings. The van der Waals surface area contributed by atoms with Gasteiger partial charge in [0, 0.05) is 5.69 Å². The molecule has 0 bridgehead atoms. The van der Waals surface area contributed by atoms with Crippen LogP contribution in [0.3, 0.4) is 0 Å². The van der Waals surface area contributed by atoms with Crippen molar-refractivity contribution >= 4 is 24.6 Å². The largest absolute Gasteiger partial charge is 0.368 e. The molecule has 2 rings (SSSR count). The molecule has 1 atom stereocenters. The van der Waals surface area contributed by atoms with E-state index in [4.69, 9.17) is 0 Å². The summed E-state index contributed by atoms with van der Waals surface area (Å²) in [4.78, 5) is 18.7. The molecule has 17 heavy (non-hydrogen) atoms. The molecule has 0 spiro atoms. The zero-order valence-corrected chi connectivity index (χ0v) is 10.6. The Kier molecular flexibility index (Phi) is 3.64. The minimum atomic E-state index is -4.23. The van der Waals surface area contributed by atoms with E-state index in [1.165, 1.54) is 11.3 Å². The number of rotatable bonds is 4. The first-order chi connectivity index (χ1) is 8.07. The molecule has 0 aliphatic rings. The first-order valence-electron chi connectivity index (χ1n) is 4.96. The van der Waals surface area contributed by atoms with E-state index < -0.39 is 13.4 Å². The second-order valence-electron chi connectivity index (χ2n) is 3.56. The Balaban J connectivity index is 2.27. The first kappa shape index (κ1) is 12.3. The van der Waals surface area contributed by atoms with Gasteiger partial charge in [0.1, 0.15) is 0 Å². The highest BCUT2D eigenvalue weighted by Gasteiger charge is 2.30. The molecule has 0 amide bonds. The van der Waals surface area contributed by atoms with E-state index in [-0.39, 0.29) is 0 Å². The Labute approximate surface area is 103 Å². The molecule has 0 aliphatic carbocycles. The summed E-state index contributed by atoms with van der Waals surface area (Å²) in [6.45, 7) is 0. The number of para-hydroxylation sites is 1. The third kappa shape index (κ3) is 3.17. The van der Waals surface area contributed by atoms with Crippen molar-refractivity contribution in [3.63, 3.8) is 0 Å². The number of nitrogens with one attached hydrogen (secondary N) is 1. The van der Waals surface area contributed by atoms with Crippen molar-refractivity contribution < 1.29 is 14.4 Å². The Bertz CT molecular complexity index is 509. The fourth-order valence-corrected chi connectivity index (χ4v) is 3.14. The first-order valence-corrected chi connectivity index (χ1v) is 7.59. The van der Waals surface area contributed by atoms with Gasteiger partial charge in [-0.3, -0.25) is 4.57 Å². The number of anilines is 1. The van der Waals surface area contributed by atoms with Crippen LogP contribution in [0.15, 0.2) is 47.2 Å². The molecular formula is C11H12NO3PS. The van der Waals surface area contributed by atoms with Crippen LogP contribution >= 0.6 is 18.9 Å². The minimum Gasteiger partial charge on any atom is -0.368 e. The summed E-state index contributed by atoms with van der Waals surface area (Å²) >= 11 is 1.41. The summed E-state index contributed by atoms with van der Waals surface area (Å²) in [5, 5.41) is 6.40. The molecule has 4 nitrogen and oxygen atoms in total. The third-order valence-electron chi connectivity index (χ3n) is 2.27. The molecule has 1 aromatic carbocycles. The van der Waals surface area contributed by atoms with Crippen LogP contribution in [0.25, 0.3) is 0 Å². The second-order valence-corrected chi connectivity index (χ2v) is 6.03. The number of thiophene rings is 1. The molecule has 2 aromatic rings. The van der Waals surface area contributed by atoms with Crippen molar-refractivity contribution in [1.82, 2.24) is 0 Å². The van der Waals surface area contributed by atoms with Crippen molar-refractivity contribution in [3.8, 4) is 0 Å². The highest BCUT2D eigenvalue weighted by molar-refractivity contribution is 7.52. The normalized spacial score (nSPS) is 13.3. The van der Waals surface area contributed by atoms with Crippen LogP contribution in [-0.4, -0.2) is 9.79 Å². The van der Waals surface area contributed by atoms with Crippen molar-refractivity contribution in [2.24, 2.45) is 0 Å². The van der Waals surface area contributed by atoms with Crippen LogP contribution < -0.4 is 5.32 Å². The summed E-state index contributed by atoms with van der Waals surface area (Å²) < 4.78 is 11.5.